The summed E-state index contributed by atoms with van der Waals surface area (Å²) in [6, 6.07) is 71.4. The Balaban J connectivity index is 1.21. The van der Waals surface area contributed by atoms with Gasteiger partial charge in [0.2, 0.25) is 0 Å². The van der Waals surface area contributed by atoms with Crippen molar-refractivity contribution < 1.29 is 0 Å². The highest BCUT2D eigenvalue weighted by Crippen LogP contribution is 2.60. The van der Waals surface area contributed by atoms with Crippen molar-refractivity contribution in [3.63, 3.8) is 0 Å². The Hall–Kier alpha value is -6.70. The zero-order chi connectivity index (χ0) is 35.9. The molecule has 256 valence electrons. The molecule has 0 fully saturated rings. The molecule has 0 saturated heterocycles. The van der Waals surface area contributed by atoms with Crippen molar-refractivity contribution in [2.24, 2.45) is 0 Å². The fraction of sp³-hybridized carbons (Fsp3) is 0.0566. The highest BCUT2D eigenvalue weighted by molar-refractivity contribution is 6.01. The first kappa shape index (κ1) is 32.0. The zero-order valence-corrected chi connectivity index (χ0v) is 30.1. The van der Waals surface area contributed by atoms with E-state index in [-0.39, 0.29) is 0 Å². The number of rotatable bonds is 7. The fourth-order valence-corrected chi connectivity index (χ4v) is 8.99. The van der Waals surface area contributed by atoms with E-state index in [9.17, 15) is 0 Å². The smallest absolute Gasteiger partial charge is 0.0683 e. The van der Waals surface area contributed by atoms with Crippen LogP contribution in [0.4, 0.5) is 17.1 Å². The summed E-state index contributed by atoms with van der Waals surface area (Å²) in [6.07, 6.45) is 9.00. The number of benzene rings is 8. The van der Waals surface area contributed by atoms with Gasteiger partial charge in [-0.25, -0.2) is 0 Å². The molecule has 1 unspecified atom stereocenters. The van der Waals surface area contributed by atoms with Crippen molar-refractivity contribution in [3.05, 3.63) is 235 Å². The highest BCUT2D eigenvalue weighted by Gasteiger charge is 2.48. The van der Waals surface area contributed by atoms with Crippen LogP contribution < -0.4 is 4.90 Å². The second-order valence-electron chi connectivity index (χ2n) is 14.4. The fourth-order valence-electron chi connectivity index (χ4n) is 8.99. The van der Waals surface area contributed by atoms with Gasteiger partial charge >= 0.3 is 0 Å². The Morgan fingerprint density at radius 2 is 0.981 bits per heavy atom. The molecule has 10 rings (SSSR count). The van der Waals surface area contributed by atoms with E-state index in [1.54, 1.807) is 0 Å². The Bertz CT molecular complexity index is 2590. The Morgan fingerprint density at radius 3 is 1.59 bits per heavy atom. The third-order valence-electron chi connectivity index (χ3n) is 11.4. The summed E-state index contributed by atoms with van der Waals surface area (Å²) >= 11 is 0. The average Bonchev–Trinajstić information content (AvgIpc) is 3.56. The van der Waals surface area contributed by atoms with Crippen LogP contribution in [-0.2, 0) is 5.41 Å². The van der Waals surface area contributed by atoms with Crippen molar-refractivity contribution in [1.82, 2.24) is 0 Å². The second kappa shape index (κ2) is 13.4. The van der Waals surface area contributed by atoms with Gasteiger partial charge in [-0.3, -0.25) is 0 Å². The van der Waals surface area contributed by atoms with E-state index in [4.69, 9.17) is 0 Å². The molecule has 0 amide bonds. The Kier molecular flexibility index (Phi) is 7.92. The maximum atomic E-state index is 2.49. The minimum Gasteiger partial charge on any atom is -0.310 e. The van der Waals surface area contributed by atoms with Crippen LogP contribution in [0.15, 0.2) is 218 Å². The molecule has 0 spiro atoms. The molecule has 0 N–H and O–H groups in total. The van der Waals surface area contributed by atoms with Crippen molar-refractivity contribution in [2.75, 3.05) is 4.90 Å². The third kappa shape index (κ3) is 5.24. The summed E-state index contributed by atoms with van der Waals surface area (Å²) in [5, 5.41) is 2.59. The molecule has 0 heterocycles. The molecular formula is C53H39N. The standard InChI is InChI=1S/C53H39N/c1-5-15-38(16-6-1)40-25-30-45(31-26-40)54(46-32-27-41(28-33-46)39-17-7-2-8-18-39)47-34-36-49-50-35-29-42-19-13-14-24-48(42)52(50)53(51(49)37-47,43-20-9-3-10-21-43)44-22-11-4-12-23-44/h1-11,13-22,24-37H,12,23H2. The molecule has 2 aliphatic rings. The SMILES string of the molecule is C1=CCCC(C2(c3ccccc3)c3cc(N(c4ccc(-c5ccccc5)cc4)c4ccc(-c5ccccc5)cc4)ccc3-c3ccc4ccccc4c32)=C1. The molecule has 1 nitrogen and oxygen atoms in total. The molecule has 8 aromatic rings. The summed E-state index contributed by atoms with van der Waals surface area (Å²) in [5.41, 5.74) is 15.9. The topological polar surface area (TPSA) is 3.24 Å². The second-order valence-corrected chi connectivity index (χ2v) is 14.4. The van der Waals surface area contributed by atoms with Crippen LogP contribution in [0.3, 0.4) is 0 Å². The summed E-state index contributed by atoms with van der Waals surface area (Å²) < 4.78 is 0. The number of nitrogens with zero attached hydrogens (tertiary/aromatic N) is 1. The zero-order valence-electron chi connectivity index (χ0n) is 30.1. The van der Waals surface area contributed by atoms with Gasteiger partial charge in [-0.1, -0.05) is 182 Å². The lowest BCUT2D eigenvalue weighted by Crippen LogP contribution is -2.30. The highest BCUT2D eigenvalue weighted by atomic mass is 15.1. The first-order chi connectivity index (χ1) is 26.8. The maximum absolute atomic E-state index is 2.49. The van der Waals surface area contributed by atoms with E-state index in [2.05, 4.69) is 217 Å². The lowest BCUT2D eigenvalue weighted by Gasteiger charge is -2.38. The van der Waals surface area contributed by atoms with Crippen molar-refractivity contribution in [3.8, 4) is 33.4 Å². The predicted molar refractivity (Wildman–Crippen MR) is 228 cm³/mol. The molecule has 8 aromatic carbocycles. The van der Waals surface area contributed by atoms with E-state index >= 15 is 0 Å². The molecule has 1 heteroatoms. The van der Waals surface area contributed by atoms with Crippen LogP contribution in [-0.4, -0.2) is 0 Å². The summed E-state index contributed by atoms with van der Waals surface area (Å²) in [7, 11) is 0. The Morgan fingerprint density at radius 1 is 0.444 bits per heavy atom. The van der Waals surface area contributed by atoms with Crippen LogP contribution in [0.25, 0.3) is 44.2 Å². The summed E-state index contributed by atoms with van der Waals surface area (Å²) in [5.74, 6) is 0. The maximum Gasteiger partial charge on any atom is 0.0683 e. The molecule has 0 aromatic heterocycles. The van der Waals surface area contributed by atoms with Gasteiger partial charge in [-0.2, -0.15) is 0 Å². The van der Waals surface area contributed by atoms with Gasteiger partial charge in [0.1, 0.15) is 0 Å². The van der Waals surface area contributed by atoms with Crippen molar-refractivity contribution in [2.45, 2.75) is 18.3 Å². The Labute approximate surface area is 317 Å². The molecule has 0 radical (unpaired) electrons. The van der Waals surface area contributed by atoms with Crippen LogP contribution in [0.5, 0.6) is 0 Å². The monoisotopic (exact) mass is 689 g/mol. The number of hydrogen-bond acceptors (Lipinski definition) is 1. The molecule has 0 bridgehead atoms. The summed E-state index contributed by atoms with van der Waals surface area (Å²) in [4.78, 5) is 2.43. The van der Waals surface area contributed by atoms with Gasteiger partial charge < -0.3 is 4.90 Å². The van der Waals surface area contributed by atoms with Gasteiger partial charge in [0.15, 0.2) is 0 Å². The van der Waals surface area contributed by atoms with Crippen molar-refractivity contribution >= 4 is 27.8 Å². The molecule has 1 atom stereocenters. The first-order valence-electron chi connectivity index (χ1n) is 19.0. The van der Waals surface area contributed by atoms with Gasteiger partial charge in [-0.15, -0.1) is 0 Å². The minimum atomic E-state index is -0.451. The number of fused-ring (bicyclic) bond motifs is 5. The van der Waals surface area contributed by atoms with Crippen LogP contribution in [0.2, 0.25) is 0 Å². The van der Waals surface area contributed by atoms with Gasteiger partial charge in [0.05, 0.1) is 5.41 Å². The lowest BCUT2D eigenvalue weighted by molar-refractivity contribution is 0.697. The largest absolute Gasteiger partial charge is 0.310 e. The number of anilines is 3. The van der Waals surface area contributed by atoms with Gasteiger partial charge in [0.25, 0.3) is 0 Å². The third-order valence-corrected chi connectivity index (χ3v) is 11.4. The first-order valence-corrected chi connectivity index (χ1v) is 19.0. The molecular weight excluding hydrogens is 651 g/mol. The normalized spacial score (nSPS) is 15.7. The van der Waals surface area contributed by atoms with Crippen molar-refractivity contribution in [1.29, 1.82) is 0 Å². The van der Waals surface area contributed by atoms with E-state index in [0.717, 1.165) is 29.9 Å². The van der Waals surface area contributed by atoms with Gasteiger partial charge in [-0.05, 0) is 110 Å². The van der Waals surface area contributed by atoms with E-state index < -0.39 is 5.41 Å². The number of hydrogen-bond donors (Lipinski definition) is 0. The van der Waals surface area contributed by atoms with Crippen LogP contribution >= 0.6 is 0 Å². The minimum absolute atomic E-state index is 0.451. The lowest BCUT2D eigenvalue weighted by atomic mass is 9.64. The van der Waals surface area contributed by atoms with E-state index in [0.29, 0.717) is 0 Å². The average molecular weight is 690 g/mol. The van der Waals surface area contributed by atoms with Gasteiger partial charge in [0, 0.05) is 17.1 Å². The van der Waals surface area contributed by atoms with E-state index in [1.807, 2.05) is 0 Å². The van der Waals surface area contributed by atoms with Crippen LogP contribution in [0, 0.1) is 0 Å². The van der Waals surface area contributed by atoms with E-state index in [1.165, 1.54) is 66.4 Å². The number of allylic oxidation sites excluding steroid dienone is 4. The van der Waals surface area contributed by atoms with Crippen LogP contribution in [0.1, 0.15) is 29.5 Å². The molecule has 0 saturated carbocycles. The summed E-state index contributed by atoms with van der Waals surface area (Å²) in [6.45, 7) is 0. The molecule has 54 heavy (non-hydrogen) atoms. The molecule has 0 aliphatic heterocycles. The molecule has 2 aliphatic carbocycles. The predicted octanol–water partition coefficient (Wildman–Crippen LogP) is 14.2. The quantitative estimate of drug-likeness (QED) is 0.161.